The van der Waals surface area contributed by atoms with Gasteiger partial charge in [0.1, 0.15) is 5.75 Å². The average Bonchev–Trinajstić information content (AvgIpc) is 2.46. The molecule has 0 saturated heterocycles. The highest BCUT2D eigenvalue weighted by atomic mass is 16.5. The Morgan fingerprint density at radius 2 is 2.00 bits per heavy atom. The van der Waals surface area contributed by atoms with Crippen LogP contribution in [0, 0.1) is 0 Å². The lowest BCUT2D eigenvalue weighted by Crippen LogP contribution is -2.29. The van der Waals surface area contributed by atoms with Crippen LogP contribution in [0.2, 0.25) is 0 Å². The Balaban J connectivity index is 2.32. The molecule has 0 heterocycles. The maximum atomic E-state index is 11.5. The molecule has 1 aromatic rings. The minimum absolute atomic E-state index is 0.0636. The number of ether oxygens (including phenoxy) is 1. The maximum Gasteiger partial charge on any atom is 0.257 e. The van der Waals surface area contributed by atoms with E-state index < -0.39 is 0 Å². The summed E-state index contributed by atoms with van der Waals surface area (Å²) in [6, 6.07) is 8.36. The Bertz CT molecular complexity index is 390. The quantitative estimate of drug-likeness (QED) is 0.680. The number of unbranched alkanes of at least 4 members (excludes halogenated alkanes) is 1. The van der Waals surface area contributed by atoms with E-state index in [1.165, 1.54) is 5.56 Å². The Labute approximate surface area is 121 Å². The van der Waals surface area contributed by atoms with Crippen LogP contribution >= 0.6 is 0 Å². The van der Waals surface area contributed by atoms with Crippen LogP contribution in [-0.4, -0.2) is 32.1 Å². The van der Waals surface area contributed by atoms with Gasteiger partial charge >= 0.3 is 0 Å². The average molecular weight is 278 g/mol. The van der Waals surface area contributed by atoms with Crippen molar-refractivity contribution in [2.75, 3.05) is 20.2 Å². The van der Waals surface area contributed by atoms with E-state index in [4.69, 9.17) is 4.74 Å². The van der Waals surface area contributed by atoms with Crippen LogP contribution in [0.3, 0.4) is 0 Å². The monoisotopic (exact) mass is 278 g/mol. The summed E-state index contributed by atoms with van der Waals surface area (Å²) < 4.78 is 5.46. The highest BCUT2D eigenvalue weighted by molar-refractivity contribution is 5.77. The predicted molar refractivity (Wildman–Crippen MR) is 82.1 cm³/mol. The number of carbonyl (C=O) groups excluding carboxylic acids is 1. The molecule has 0 aliphatic carbocycles. The largest absolute Gasteiger partial charge is 0.484 e. The van der Waals surface area contributed by atoms with Gasteiger partial charge in [0, 0.05) is 12.6 Å². The predicted octanol–water partition coefficient (Wildman–Crippen LogP) is 2.13. The first-order valence-electron chi connectivity index (χ1n) is 7.31. The molecule has 1 aromatic carbocycles. The van der Waals surface area contributed by atoms with Gasteiger partial charge in [-0.1, -0.05) is 25.5 Å². The van der Waals surface area contributed by atoms with Gasteiger partial charge in [-0.25, -0.2) is 0 Å². The number of benzene rings is 1. The van der Waals surface area contributed by atoms with Gasteiger partial charge in [0.15, 0.2) is 6.61 Å². The van der Waals surface area contributed by atoms with E-state index in [9.17, 15) is 4.79 Å². The van der Waals surface area contributed by atoms with Gasteiger partial charge in [0.25, 0.3) is 5.91 Å². The summed E-state index contributed by atoms with van der Waals surface area (Å²) in [4.78, 5) is 11.5. The molecule has 2 N–H and O–H groups in total. The summed E-state index contributed by atoms with van der Waals surface area (Å²) in [6.45, 7) is 5.04. The standard InChI is InChI=1S/C16H26N2O2/c1-4-5-10-18-16(19)12-20-15-8-6-14(7-9-15)11-13(2)17-3/h6-9,13,17H,4-5,10-12H2,1-3H3,(H,18,19). The third-order valence-electron chi connectivity index (χ3n) is 3.18. The fourth-order valence-electron chi connectivity index (χ4n) is 1.78. The van der Waals surface area contributed by atoms with Crippen molar-refractivity contribution in [2.45, 2.75) is 39.2 Å². The summed E-state index contributed by atoms with van der Waals surface area (Å²) >= 11 is 0. The molecule has 0 spiro atoms. The lowest BCUT2D eigenvalue weighted by atomic mass is 10.1. The Morgan fingerprint density at radius 3 is 2.60 bits per heavy atom. The van der Waals surface area contributed by atoms with Gasteiger partial charge in [-0.2, -0.15) is 0 Å². The van der Waals surface area contributed by atoms with Crippen LogP contribution in [0.1, 0.15) is 32.3 Å². The highest BCUT2D eigenvalue weighted by Crippen LogP contribution is 2.13. The normalized spacial score (nSPS) is 11.9. The minimum Gasteiger partial charge on any atom is -0.484 e. The number of hydrogen-bond acceptors (Lipinski definition) is 3. The van der Waals surface area contributed by atoms with E-state index in [-0.39, 0.29) is 12.5 Å². The van der Waals surface area contributed by atoms with Crippen LogP contribution in [0.15, 0.2) is 24.3 Å². The second-order valence-corrected chi connectivity index (χ2v) is 5.03. The fourth-order valence-corrected chi connectivity index (χ4v) is 1.78. The Kier molecular flexibility index (Phi) is 7.73. The Morgan fingerprint density at radius 1 is 1.30 bits per heavy atom. The summed E-state index contributed by atoms with van der Waals surface area (Å²) in [5.41, 5.74) is 1.26. The lowest BCUT2D eigenvalue weighted by Gasteiger charge is -2.11. The first kappa shape index (κ1) is 16.5. The van der Waals surface area contributed by atoms with E-state index >= 15 is 0 Å². The van der Waals surface area contributed by atoms with E-state index in [0.29, 0.717) is 6.04 Å². The van der Waals surface area contributed by atoms with Gasteiger partial charge in [-0.05, 0) is 44.5 Å². The zero-order valence-corrected chi connectivity index (χ0v) is 12.7. The fraction of sp³-hybridized carbons (Fsp3) is 0.562. The second-order valence-electron chi connectivity index (χ2n) is 5.03. The number of likely N-dealkylation sites (N-methyl/N-ethyl adjacent to an activating group) is 1. The Hall–Kier alpha value is -1.55. The smallest absolute Gasteiger partial charge is 0.257 e. The minimum atomic E-state index is -0.0636. The summed E-state index contributed by atoms with van der Waals surface area (Å²) in [6.07, 6.45) is 3.06. The van der Waals surface area contributed by atoms with Crippen molar-refractivity contribution in [3.63, 3.8) is 0 Å². The molecule has 0 aliphatic heterocycles. The van der Waals surface area contributed by atoms with Crippen molar-refractivity contribution in [3.05, 3.63) is 29.8 Å². The molecule has 4 heteroatoms. The third-order valence-corrected chi connectivity index (χ3v) is 3.18. The van der Waals surface area contributed by atoms with Crippen LogP contribution in [-0.2, 0) is 11.2 Å². The topological polar surface area (TPSA) is 50.4 Å². The molecule has 0 fully saturated rings. The van der Waals surface area contributed by atoms with Gasteiger partial charge < -0.3 is 15.4 Å². The van der Waals surface area contributed by atoms with Crippen molar-refractivity contribution in [1.82, 2.24) is 10.6 Å². The molecule has 112 valence electrons. The van der Waals surface area contributed by atoms with E-state index in [1.54, 1.807) is 0 Å². The molecule has 0 saturated carbocycles. The molecule has 4 nitrogen and oxygen atoms in total. The second kappa shape index (κ2) is 9.37. The molecular formula is C16H26N2O2. The lowest BCUT2D eigenvalue weighted by molar-refractivity contribution is -0.123. The van der Waals surface area contributed by atoms with E-state index in [2.05, 4.69) is 24.5 Å². The molecule has 0 aromatic heterocycles. The van der Waals surface area contributed by atoms with E-state index in [1.807, 2.05) is 31.3 Å². The molecule has 0 radical (unpaired) electrons. The number of carbonyl (C=O) groups is 1. The van der Waals surface area contributed by atoms with Crippen LogP contribution in [0.25, 0.3) is 0 Å². The highest BCUT2D eigenvalue weighted by Gasteiger charge is 2.03. The van der Waals surface area contributed by atoms with E-state index in [0.717, 1.165) is 31.6 Å². The van der Waals surface area contributed by atoms with Crippen LogP contribution < -0.4 is 15.4 Å². The number of rotatable bonds is 9. The van der Waals surface area contributed by atoms with Crippen molar-refractivity contribution in [2.24, 2.45) is 0 Å². The van der Waals surface area contributed by atoms with Crippen molar-refractivity contribution >= 4 is 5.91 Å². The molecule has 1 amide bonds. The molecule has 1 unspecified atom stereocenters. The first-order valence-corrected chi connectivity index (χ1v) is 7.31. The molecule has 20 heavy (non-hydrogen) atoms. The SMILES string of the molecule is CCCCNC(=O)COc1ccc(CC(C)NC)cc1. The number of amides is 1. The van der Waals surface area contributed by atoms with Gasteiger partial charge in [-0.3, -0.25) is 4.79 Å². The maximum absolute atomic E-state index is 11.5. The van der Waals surface area contributed by atoms with Crippen LogP contribution in [0.5, 0.6) is 5.75 Å². The van der Waals surface area contributed by atoms with Crippen molar-refractivity contribution < 1.29 is 9.53 Å². The van der Waals surface area contributed by atoms with Gasteiger partial charge in [-0.15, -0.1) is 0 Å². The number of nitrogens with one attached hydrogen (secondary N) is 2. The van der Waals surface area contributed by atoms with Crippen LogP contribution in [0.4, 0.5) is 0 Å². The molecule has 0 bridgehead atoms. The molecular weight excluding hydrogens is 252 g/mol. The summed E-state index contributed by atoms with van der Waals surface area (Å²) in [7, 11) is 1.96. The zero-order valence-electron chi connectivity index (χ0n) is 12.7. The van der Waals surface area contributed by atoms with Gasteiger partial charge in [0.05, 0.1) is 0 Å². The zero-order chi connectivity index (χ0) is 14.8. The van der Waals surface area contributed by atoms with Crippen molar-refractivity contribution in [1.29, 1.82) is 0 Å². The van der Waals surface area contributed by atoms with Crippen molar-refractivity contribution in [3.8, 4) is 5.75 Å². The number of hydrogen-bond donors (Lipinski definition) is 2. The third kappa shape index (κ3) is 6.57. The van der Waals surface area contributed by atoms with Gasteiger partial charge in [0.2, 0.25) is 0 Å². The summed E-state index contributed by atoms with van der Waals surface area (Å²) in [5, 5.41) is 6.03. The molecule has 1 rings (SSSR count). The molecule has 1 atom stereocenters. The summed E-state index contributed by atoms with van der Waals surface area (Å²) in [5.74, 6) is 0.669. The molecule has 0 aliphatic rings. The first-order chi connectivity index (χ1) is 9.65.